The maximum atomic E-state index is 9.56. The fourth-order valence-corrected chi connectivity index (χ4v) is 2.52. The molecule has 2 N–H and O–H groups in total. The Hall–Kier alpha value is -0.900. The Kier molecular flexibility index (Phi) is 8.58. The third-order valence-electron chi connectivity index (χ3n) is 3.74. The Labute approximate surface area is 129 Å². The van der Waals surface area contributed by atoms with E-state index >= 15 is 0 Å². The van der Waals surface area contributed by atoms with Gasteiger partial charge in [-0.05, 0) is 51.6 Å². The molecule has 0 aliphatic heterocycles. The van der Waals surface area contributed by atoms with E-state index in [1.54, 1.807) is 0 Å². The summed E-state index contributed by atoms with van der Waals surface area (Å²) in [6.45, 7) is 8.12. The molecule has 21 heavy (non-hydrogen) atoms. The predicted molar refractivity (Wildman–Crippen MR) is 88.6 cm³/mol. The van der Waals surface area contributed by atoms with Gasteiger partial charge in [0.15, 0.2) is 0 Å². The van der Waals surface area contributed by atoms with Crippen molar-refractivity contribution in [3.63, 3.8) is 0 Å². The van der Waals surface area contributed by atoms with E-state index in [9.17, 15) is 5.11 Å². The highest BCUT2D eigenvalue weighted by molar-refractivity contribution is 5.14. The van der Waals surface area contributed by atoms with Crippen molar-refractivity contribution in [3.05, 3.63) is 35.9 Å². The summed E-state index contributed by atoms with van der Waals surface area (Å²) in [6, 6.07) is 10.5. The molecule has 1 aromatic rings. The number of rotatable bonds is 11. The number of ether oxygens (including phenoxy) is 1. The Bertz CT molecular complexity index is 369. The minimum atomic E-state index is -0.241. The van der Waals surface area contributed by atoms with Crippen LogP contribution in [0.1, 0.15) is 45.6 Å². The van der Waals surface area contributed by atoms with E-state index in [1.165, 1.54) is 5.56 Å². The van der Waals surface area contributed by atoms with E-state index < -0.39 is 0 Å². The highest BCUT2D eigenvalue weighted by Crippen LogP contribution is 2.14. The molecule has 1 rings (SSSR count). The lowest BCUT2D eigenvalue weighted by Crippen LogP contribution is -2.48. The molecule has 0 saturated carbocycles. The van der Waals surface area contributed by atoms with Crippen LogP contribution in [-0.4, -0.2) is 36.5 Å². The lowest BCUT2D eigenvalue weighted by Gasteiger charge is -2.31. The second-order valence-electron chi connectivity index (χ2n) is 6.12. The molecular weight excluding hydrogens is 262 g/mol. The van der Waals surface area contributed by atoms with E-state index in [4.69, 9.17) is 4.74 Å². The second kappa shape index (κ2) is 9.93. The first kappa shape index (κ1) is 18.1. The van der Waals surface area contributed by atoms with Crippen LogP contribution < -0.4 is 5.32 Å². The topological polar surface area (TPSA) is 41.5 Å². The van der Waals surface area contributed by atoms with E-state index in [2.05, 4.69) is 50.4 Å². The third kappa shape index (κ3) is 7.60. The molecule has 3 heteroatoms. The third-order valence-corrected chi connectivity index (χ3v) is 3.74. The average Bonchev–Trinajstić information content (AvgIpc) is 2.50. The quantitative estimate of drug-likeness (QED) is 0.616. The van der Waals surface area contributed by atoms with Gasteiger partial charge in [0.05, 0.1) is 12.7 Å². The minimum Gasteiger partial charge on any atom is -0.394 e. The van der Waals surface area contributed by atoms with Gasteiger partial charge in [-0.3, -0.25) is 0 Å². The summed E-state index contributed by atoms with van der Waals surface area (Å²) >= 11 is 0. The molecule has 0 bridgehead atoms. The van der Waals surface area contributed by atoms with E-state index in [-0.39, 0.29) is 18.2 Å². The smallest absolute Gasteiger partial charge is 0.0611 e. The van der Waals surface area contributed by atoms with Crippen LogP contribution in [0.15, 0.2) is 30.3 Å². The van der Waals surface area contributed by atoms with Gasteiger partial charge in [0, 0.05) is 12.1 Å². The Morgan fingerprint density at radius 2 is 2.00 bits per heavy atom. The summed E-state index contributed by atoms with van der Waals surface area (Å²) in [7, 11) is 0. The molecule has 0 aliphatic carbocycles. The van der Waals surface area contributed by atoms with Gasteiger partial charge in [0.2, 0.25) is 0 Å². The normalized spacial score (nSPS) is 15.6. The van der Waals surface area contributed by atoms with Crippen LogP contribution in [0.3, 0.4) is 0 Å². The number of nitrogens with one attached hydrogen (secondary N) is 1. The van der Waals surface area contributed by atoms with Crippen LogP contribution in [-0.2, 0) is 11.2 Å². The zero-order valence-corrected chi connectivity index (χ0v) is 13.8. The fourth-order valence-electron chi connectivity index (χ4n) is 2.52. The second-order valence-corrected chi connectivity index (χ2v) is 6.12. The van der Waals surface area contributed by atoms with Crippen molar-refractivity contribution < 1.29 is 9.84 Å². The van der Waals surface area contributed by atoms with E-state index in [0.29, 0.717) is 0 Å². The predicted octanol–water partition coefficient (Wildman–Crippen LogP) is 3.17. The highest BCUT2D eigenvalue weighted by Gasteiger charge is 2.25. The molecular formula is C18H31NO2. The number of aliphatic hydroxyl groups is 1. The van der Waals surface area contributed by atoms with Crippen molar-refractivity contribution in [2.24, 2.45) is 0 Å². The number of hydrogen-bond donors (Lipinski definition) is 2. The lowest BCUT2D eigenvalue weighted by atomic mass is 9.95. The largest absolute Gasteiger partial charge is 0.394 e. The lowest BCUT2D eigenvalue weighted by molar-refractivity contribution is 0.0272. The SMILES string of the molecule is CCCNC(C)(CO)CC(C)OCCCc1ccccc1. The molecule has 120 valence electrons. The molecule has 2 atom stereocenters. The van der Waals surface area contributed by atoms with Crippen molar-refractivity contribution in [2.45, 2.75) is 58.1 Å². The van der Waals surface area contributed by atoms with Crippen molar-refractivity contribution in [3.8, 4) is 0 Å². The Balaban J connectivity index is 2.22. The number of hydrogen-bond acceptors (Lipinski definition) is 3. The maximum Gasteiger partial charge on any atom is 0.0611 e. The molecule has 0 fully saturated rings. The van der Waals surface area contributed by atoms with Gasteiger partial charge in [0.25, 0.3) is 0 Å². The van der Waals surface area contributed by atoms with Crippen LogP contribution in [0.25, 0.3) is 0 Å². The Morgan fingerprint density at radius 3 is 2.62 bits per heavy atom. The van der Waals surface area contributed by atoms with Crippen LogP contribution in [0.5, 0.6) is 0 Å². The van der Waals surface area contributed by atoms with Crippen LogP contribution in [0.2, 0.25) is 0 Å². The molecule has 1 aromatic carbocycles. The molecule has 0 aromatic heterocycles. The zero-order chi connectivity index (χ0) is 15.6. The van der Waals surface area contributed by atoms with Gasteiger partial charge in [0.1, 0.15) is 0 Å². The van der Waals surface area contributed by atoms with Gasteiger partial charge in [-0.25, -0.2) is 0 Å². The first-order valence-corrected chi connectivity index (χ1v) is 8.11. The summed E-state index contributed by atoms with van der Waals surface area (Å²) in [5.41, 5.74) is 1.12. The van der Waals surface area contributed by atoms with Crippen molar-refractivity contribution in [1.82, 2.24) is 5.32 Å². The van der Waals surface area contributed by atoms with Crippen molar-refractivity contribution in [2.75, 3.05) is 19.8 Å². The van der Waals surface area contributed by atoms with Crippen molar-refractivity contribution in [1.29, 1.82) is 0 Å². The average molecular weight is 293 g/mol. The first-order valence-electron chi connectivity index (χ1n) is 8.11. The molecule has 0 radical (unpaired) electrons. The van der Waals surface area contributed by atoms with E-state index in [0.717, 1.165) is 38.8 Å². The van der Waals surface area contributed by atoms with Gasteiger partial charge in [-0.15, -0.1) is 0 Å². The molecule has 0 saturated heterocycles. The minimum absolute atomic E-state index is 0.144. The van der Waals surface area contributed by atoms with Gasteiger partial charge in [-0.1, -0.05) is 37.3 Å². The first-order chi connectivity index (χ1) is 10.1. The summed E-state index contributed by atoms with van der Waals surface area (Å²) in [5, 5.41) is 13.0. The Morgan fingerprint density at radius 1 is 1.29 bits per heavy atom. The molecule has 3 nitrogen and oxygen atoms in total. The fraction of sp³-hybridized carbons (Fsp3) is 0.667. The number of aryl methyl sites for hydroxylation is 1. The summed E-state index contributed by atoms with van der Waals surface area (Å²) in [4.78, 5) is 0. The standard InChI is InChI=1S/C18H31NO2/c1-4-12-19-18(3,15-20)14-16(2)21-13-8-11-17-9-6-5-7-10-17/h5-7,9-10,16,19-20H,4,8,11-15H2,1-3H3. The van der Waals surface area contributed by atoms with Crippen LogP contribution in [0.4, 0.5) is 0 Å². The summed E-state index contributed by atoms with van der Waals surface area (Å²) < 4.78 is 5.89. The highest BCUT2D eigenvalue weighted by atomic mass is 16.5. The molecule has 0 amide bonds. The summed E-state index contributed by atoms with van der Waals surface area (Å²) in [6.07, 6.45) is 4.14. The zero-order valence-electron chi connectivity index (χ0n) is 13.8. The van der Waals surface area contributed by atoms with Crippen LogP contribution >= 0.6 is 0 Å². The molecule has 2 unspecified atom stereocenters. The number of aliphatic hydroxyl groups excluding tert-OH is 1. The van der Waals surface area contributed by atoms with Gasteiger partial charge < -0.3 is 15.2 Å². The van der Waals surface area contributed by atoms with Crippen LogP contribution in [0, 0.1) is 0 Å². The molecule has 0 aliphatic rings. The maximum absolute atomic E-state index is 9.56. The monoisotopic (exact) mass is 293 g/mol. The summed E-state index contributed by atoms with van der Waals surface area (Å²) in [5.74, 6) is 0. The van der Waals surface area contributed by atoms with Crippen molar-refractivity contribution >= 4 is 0 Å². The number of benzene rings is 1. The van der Waals surface area contributed by atoms with E-state index in [1.807, 2.05) is 6.07 Å². The van der Waals surface area contributed by atoms with Gasteiger partial charge >= 0.3 is 0 Å². The molecule has 0 spiro atoms. The van der Waals surface area contributed by atoms with Gasteiger partial charge in [-0.2, -0.15) is 0 Å². The molecule has 0 heterocycles.